The topological polar surface area (TPSA) is 70.5 Å². The van der Waals surface area contributed by atoms with Crippen molar-refractivity contribution in [2.75, 3.05) is 13.1 Å². The van der Waals surface area contributed by atoms with E-state index in [4.69, 9.17) is 5.11 Å². The number of aromatic nitrogens is 1. The number of aliphatic carboxylic acids is 1. The number of rotatable bonds is 6. The van der Waals surface area contributed by atoms with Crippen LogP contribution in [0, 0.1) is 5.92 Å². The molecule has 0 aliphatic carbocycles. The van der Waals surface area contributed by atoms with Gasteiger partial charge in [0.1, 0.15) is 6.54 Å². The molecule has 0 bridgehead atoms. The summed E-state index contributed by atoms with van der Waals surface area (Å²) in [6, 6.07) is 3.59. The van der Waals surface area contributed by atoms with E-state index >= 15 is 0 Å². The van der Waals surface area contributed by atoms with Crippen molar-refractivity contribution >= 4 is 18.0 Å². The molecule has 1 rings (SSSR count). The smallest absolute Gasteiger partial charge is 0.323 e. The standard InChI is InChI=1S/C14H18N2O3/c1-11(2)9-16(10-14(18)19)13(17)6-5-12-4-3-7-15-8-12/h3-8,11H,9-10H2,1-2H3,(H,18,19). The summed E-state index contributed by atoms with van der Waals surface area (Å²) in [7, 11) is 0. The lowest BCUT2D eigenvalue weighted by Crippen LogP contribution is -2.37. The highest BCUT2D eigenvalue weighted by molar-refractivity contribution is 5.93. The number of pyridine rings is 1. The number of nitrogens with zero attached hydrogens (tertiary/aromatic N) is 2. The van der Waals surface area contributed by atoms with Crippen molar-refractivity contribution in [3.05, 3.63) is 36.2 Å². The summed E-state index contributed by atoms with van der Waals surface area (Å²) in [5.74, 6) is -1.10. The molecule has 0 radical (unpaired) electrons. The van der Waals surface area contributed by atoms with Crippen LogP contribution in [0.15, 0.2) is 30.6 Å². The monoisotopic (exact) mass is 262 g/mol. The molecule has 1 N–H and O–H groups in total. The minimum absolute atomic E-state index is 0.218. The molecule has 0 spiro atoms. The highest BCUT2D eigenvalue weighted by Gasteiger charge is 2.15. The van der Waals surface area contributed by atoms with Crippen LogP contribution in [0.4, 0.5) is 0 Å². The molecule has 0 unspecified atom stereocenters. The Labute approximate surface area is 112 Å². The molecule has 0 atom stereocenters. The number of amides is 1. The van der Waals surface area contributed by atoms with E-state index in [1.54, 1.807) is 24.5 Å². The van der Waals surface area contributed by atoms with Crippen LogP contribution >= 0.6 is 0 Å². The minimum Gasteiger partial charge on any atom is -0.480 e. The van der Waals surface area contributed by atoms with Crippen molar-refractivity contribution in [2.24, 2.45) is 5.92 Å². The molecule has 19 heavy (non-hydrogen) atoms. The lowest BCUT2D eigenvalue weighted by Gasteiger charge is -2.21. The van der Waals surface area contributed by atoms with Crippen molar-refractivity contribution in [3.63, 3.8) is 0 Å². The van der Waals surface area contributed by atoms with Crippen LogP contribution < -0.4 is 0 Å². The minimum atomic E-state index is -1.01. The maximum Gasteiger partial charge on any atom is 0.323 e. The van der Waals surface area contributed by atoms with E-state index in [1.165, 1.54) is 11.0 Å². The normalized spacial score (nSPS) is 10.9. The van der Waals surface area contributed by atoms with Crippen molar-refractivity contribution in [1.82, 2.24) is 9.88 Å². The summed E-state index contributed by atoms with van der Waals surface area (Å²) in [5.41, 5.74) is 0.802. The molecular formula is C14H18N2O3. The average Bonchev–Trinajstić information content (AvgIpc) is 2.35. The predicted octanol–water partition coefficient (Wildman–Crippen LogP) is 1.66. The number of carbonyl (C=O) groups excluding carboxylic acids is 1. The van der Waals surface area contributed by atoms with Crippen LogP contribution in [0.5, 0.6) is 0 Å². The maximum atomic E-state index is 11.9. The Morgan fingerprint density at radius 3 is 2.74 bits per heavy atom. The molecule has 102 valence electrons. The van der Waals surface area contributed by atoms with Crippen molar-refractivity contribution in [2.45, 2.75) is 13.8 Å². The fraction of sp³-hybridized carbons (Fsp3) is 0.357. The Morgan fingerprint density at radius 1 is 1.47 bits per heavy atom. The summed E-state index contributed by atoms with van der Waals surface area (Å²) in [6.07, 6.45) is 6.29. The first-order chi connectivity index (χ1) is 8.99. The fourth-order valence-electron chi connectivity index (χ4n) is 1.58. The highest BCUT2D eigenvalue weighted by Crippen LogP contribution is 2.03. The van der Waals surface area contributed by atoms with Gasteiger partial charge in [0.05, 0.1) is 0 Å². The van der Waals surface area contributed by atoms with E-state index in [0.29, 0.717) is 6.54 Å². The van der Waals surface area contributed by atoms with Crippen molar-refractivity contribution in [1.29, 1.82) is 0 Å². The average molecular weight is 262 g/mol. The second-order valence-corrected chi connectivity index (χ2v) is 4.63. The van der Waals surface area contributed by atoms with Gasteiger partial charge in [0.15, 0.2) is 0 Å². The van der Waals surface area contributed by atoms with E-state index in [1.807, 2.05) is 19.9 Å². The Bertz CT molecular complexity index is 455. The van der Waals surface area contributed by atoms with Gasteiger partial charge in [0.2, 0.25) is 5.91 Å². The molecule has 0 fully saturated rings. The molecule has 1 aromatic rings. The second kappa shape index (κ2) is 7.31. The molecule has 5 heteroatoms. The van der Waals surface area contributed by atoms with E-state index in [0.717, 1.165) is 5.56 Å². The molecule has 0 saturated carbocycles. The zero-order valence-electron chi connectivity index (χ0n) is 11.1. The van der Waals surface area contributed by atoms with Gasteiger partial charge >= 0.3 is 5.97 Å². The second-order valence-electron chi connectivity index (χ2n) is 4.63. The maximum absolute atomic E-state index is 11.9. The summed E-state index contributed by atoms with van der Waals surface area (Å²) in [5, 5.41) is 8.80. The van der Waals surface area contributed by atoms with Gasteiger partial charge in [0.25, 0.3) is 0 Å². The molecular weight excluding hydrogens is 244 g/mol. The Hall–Kier alpha value is -2.17. The summed E-state index contributed by atoms with van der Waals surface area (Å²) >= 11 is 0. The third-order valence-corrected chi connectivity index (χ3v) is 2.33. The highest BCUT2D eigenvalue weighted by atomic mass is 16.4. The van der Waals surface area contributed by atoms with E-state index in [-0.39, 0.29) is 18.4 Å². The van der Waals surface area contributed by atoms with Gasteiger partial charge < -0.3 is 10.0 Å². The van der Waals surface area contributed by atoms with Crippen LogP contribution in [0.3, 0.4) is 0 Å². The van der Waals surface area contributed by atoms with Crippen LogP contribution in [0.2, 0.25) is 0 Å². The molecule has 1 amide bonds. The summed E-state index contributed by atoms with van der Waals surface area (Å²) < 4.78 is 0. The number of carbonyl (C=O) groups is 2. The third kappa shape index (κ3) is 5.81. The van der Waals surface area contributed by atoms with Crippen molar-refractivity contribution in [3.8, 4) is 0 Å². The fourth-order valence-corrected chi connectivity index (χ4v) is 1.58. The van der Waals surface area contributed by atoms with Gasteiger partial charge in [-0.15, -0.1) is 0 Å². The van der Waals surface area contributed by atoms with Gasteiger partial charge in [-0.3, -0.25) is 14.6 Å². The zero-order valence-corrected chi connectivity index (χ0v) is 11.1. The molecule has 5 nitrogen and oxygen atoms in total. The Balaban J connectivity index is 2.71. The van der Waals surface area contributed by atoms with Gasteiger partial charge in [-0.05, 0) is 23.6 Å². The van der Waals surface area contributed by atoms with Gasteiger partial charge in [-0.2, -0.15) is 0 Å². The van der Waals surface area contributed by atoms with Gasteiger partial charge in [-0.1, -0.05) is 19.9 Å². The zero-order chi connectivity index (χ0) is 14.3. The molecule has 0 aromatic carbocycles. The third-order valence-electron chi connectivity index (χ3n) is 2.33. The largest absolute Gasteiger partial charge is 0.480 e. The Morgan fingerprint density at radius 2 is 2.21 bits per heavy atom. The summed E-state index contributed by atoms with van der Waals surface area (Å²) in [6.45, 7) is 4.01. The lowest BCUT2D eigenvalue weighted by molar-refractivity contribution is -0.143. The van der Waals surface area contributed by atoms with Crippen molar-refractivity contribution < 1.29 is 14.7 Å². The Kier molecular flexibility index (Phi) is 5.73. The molecule has 1 heterocycles. The first kappa shape index (κ1) is 14.9. The molecule has 0 saturated heterocycles. The molecule has 0 aliphatic rings. The lowest BCUT2D eigenvalue weighted by atomic mass is 10.2. The first-order valence-electron chi connectivity index (χ1n) is 6.08. The van der Waals surface area contributed by atoms with Crippen LogP contribution in [0.25, 0.3) is 6.08 Å². The predicted molar refractivity (Wildman–Crippen MR) is 72.3 cm³/mol. The quantitative estimate of drug-likeness (QED) is 0.791. The molecule has 0 aliphatic heterocycles. The van der Waals surface area contributed by atoms with Crippen LogP contribution in [-0.4, -0.2) is 40.0 Å². The van der Waals surface area contributed by atoms with E-state index in [2.05, 4.69) is 4.98 Å². The van der Waals surface area contributed by atoms with Gasteiger partial charge in [-0.25, -0.2) is 0 Å². The van der Waals surface area contributed by atoms with E-state index in [9.17, 15) is 9.59 Å². The van der Waals surface area contributed by atoms with Gasteiger partial charge in [0, 0.05) is 25.0 Å². The summed E-state index contributed by atoms with van der Waals surface area (Å²) in [4.78, 5) is 27.9. The van der Waals surface area contributed by atoms with Crippen LogP contribution in [0.1, 0.15) is 19.4 Å². The number of carboxylic acids is 1. The van der Waals surface area contributed by atoms with E-state index < -0.39 is 5.97 Å². The number of hydrogen-bond donors (Lipinski definition) is 1. The number of carboxylic acid groups (broad SMARTS) is 1. The first-order valence-corrected chi connectivity index (χ1v) is 6.08. The van der Waals surface area contributed by atoms with Crippen LogP contribution in [-0.2, 0) is 9.59 Å². The number of hydrogen-bond acceptors (Lipinski definition) is 3. The SMILES string of the molecule is CC(C)CN(CC(=O)O)C(=O)C=Cc1cccnc1. The molecule has 1 aromatic heterocycles.